The number of H-pyrrole nitrogens is 1. The van der Waals surface area contributed by atoms with Crippen LogP contribution in [0.3, 0.4) is 0 Å². The number of aromatic amines is 1. The predicted molar refractivity (Wildman–Crippen MR) is 157 cm³/mol. The summed E-state index contributed by atoms with van der Waals surface area (Å²) in [7, 11) is 0. The van der Waals surface area contributed by atoms with E-state index in [1.807, 2.05) is 49.4 Å². The number of rotatable bonds is 7. The number of ether oxygens (including phenoxy) is 2. The minimum atomic E-state index is -0.750. The predicted octanol–water partition coefficient (Wildman–Crippen LogP) is 5.30. The number of thiazole rings is 1. The first-order chi connectivity index (χ1) is 19.9. The molecule has 1 saturated heterocycles. The summed E-state index contributed by atoms with van der Waals surface area (Å²) in [4.78, 5) is 57.0. The molecule has 2 aliphatic rings. The molecule has 4 aromatic rings. The lowest BCUT2D eigenvalue weighted by atomic mass is 9.82. The molecule has 3 aromatic carbocycles. The van der Waals surface area contributed by atoms with Gasteiger partial charge in [0.25, 0.3) is 0 Å². The van der Waals surface area contributed by atoms with Gasteiger partial charge in [-0.05, 0) is 49.7 Å². The summed E-state index contributed by atoms with van der Waals surface area (Å²) in [6.07, 6.45) is 0. The molecule has 3 atom stereocenters. The second-order valence-corrected chi connectivity index (χ2v) is 12.0. The molecule has 3 heterocycles. The van der Waals surface area contributed by atoms with Crippen LogP contribution in [0, 0.1) is 12.8 Å². The van der Waals surface area contributed by atoms with Crippen molar-refractivity contribution >= 4 is 46.6 Å². The van der Waals surface area contributed by atoms with E-state index in [4.69, 9.17) is 9.47 Å². The van der Waals surface area contributed by atoms with Crippen LogP contribution in [-0.4, -0.2) is 34.6 Å². The number of carbonyl (C=O) groups is 3. The van der Waals surface area contributed by atoms with E-state index >= 15 is 0 Å². The smallest absolute Gasteiger partial charge is 0.338 e. The van der Waals surface area contributed by atoms with Crippen LogP contribution in [0.25, 0.3) is 0 Å². The zero-order valence-electron chi connectivity index (χ0n) is 22.3. The Kier molecular flexibility index (Phi) is 7.27. The lowest BCUT2D eigenvalue weighted by Gasteiger charge is -2.30. The third-order valence-electron chi connectivity index (χ3n) is 7.19. The molecule has 6 rings (SSSR count). The van der Waals surface area contributed by atoms with Gasteiger partial charge in [0.1, 0.15) is 17.6 Å². The molecule has 10 heteroatoms. The number of benzene rings is 3. The summed E-state index contributed by atoms with van der Waals surface area (Å²) in [6.45, 7) is 4.32. The molecule has 1 fully saturated rings. The Morgan fingerprint density at radius 1 is 0.976 bits per heavy atom. The average molecular weight is 587 g/mol. The van der Waals surface area contributed by atoms with Gasteiger partial charge in [0.15, 0.2) is 0 Å². The number of amides is 2. The van der Waals surface area contributed by atoms with Crippen molar-refractivity contribution in [2.75, 3.05) is 11.5 Å². The van der Waals surface area contributed by atoms with Gasteiger partial charge in [0.05, 0.1) is 28.8 Å². The number of imide groups is 1. The number of aryl methyl sites for hydroxylation is 1. The van der Waals surface area contributed by atoms with Crippen LogP contribution in [0.15, 0.2) is 82.6 Å². The number of nitrogens with zero attached hydrogens (tertiary/aromatic N) is 1. The summed E-state index contributed by atoms with van der Waals surface area (Å²) in [5.41, 5.74) is 3.58. The van der Waals surface area contributed by atoms with E-state index in [2.05, 4.69) is 11.1 Å². The molecule has 0 aliphatic carbocycles. The highest BCUT2D eigenvalue weighted by molar-refractivity contribution is 8.00. The maximum atomic E-state index is 14.1. The number of fused-ring (bicyclic) bond motifs is 2. The Hall–Kier alpha value is -4.15. The summed E-state index contributed by atoms with van der Waals surface area (Å²) in [6, 6.07) is 21.8. The first kappa shape index (κ1) is 27.0. The van der Waals surface area contributed by atoms with Gasteiger partial charge < -0.3 is 14.5 Å². The molecular formula is C31H26N2O6S2. The number of thioether (sulfide) groups is 1. The van der Waals surface area contributed by atoms with E-state index in [-0.39, 0.29) is 23.3 Å². The highest BCUT2D eigenvalue weighted by Gasteiger charge is 2.56. The number of esters is 1. The van der Waals surface area contributed by atoms with Crippen LogP contribution in [0.4, 0.5) is 5.69 Å². The van der Waals surface area contributed by atoms with Crippen LogP contribution in [-0.2, 0) is 20.9 Å². The molecule has 2 amide bonds. The van der Waals surface area contributed by atoms with Crippen LogP contribution < -0.4 is 14.5 Å². The van der Waals surface area contributed by atoms with Crippen LogP contribution >= 0.6 is 23.1 Å². The topological polar surface area (TPSA) is 106 Å². The van der Waals surface area contributed by atoms with Crippen molar-refractivity contribution in [3.8, 4) is 5.75 Å². The summed E-state index contributed by atoms with van der Waals surface area (Å²) in [5.74, 6) is -1.92. The van der Waals surface area contributed by atoms with Crippen LogP contribution in [0.2, 0.25) is 0 Å². The molecule has 0 bridgehead atoms. The Morgan fingerprint density at radius 3 is 2.51 bits per heavy atom. The molecule has 208 valence electrons. The Bertz CT molecular complexity index is 1710. The van der Waals surface area contributed by atoms with E-state index in [1.54, 1.807) is 31.2 Å². The molecular weight excluding hydrogens is 560 g/mol. The summed E-state index contributed by atoms with van der Waals surface area (Å²) in [5, 5.41) is -0.139. The highest BCUT2D eigenvalue weighted by Crippen LogP contribution is 2.54. The zero-order chi connectivity index (χ0) is 28.7. The standard InChI is InChI=1S/C31H26N2O6S2/c1-3-38-30(36)19-11-13-20(14-12-19)33-28(34)24-23(25-27(32-31(37)41-25)40-26(24)29(33)35)21-9-4-5-10-22(21)39-16-18-8-6-7-17(2)15-18/h4-15,23-24,26H,3,16H2,1-2H3,(H,32,37)/t23-,24?,26?/m1/s1. The number of aromatic nitrogens is 1. The molecule has 8 nitrogen and oxygen atoms in total. The first-order valence-electron chi connectivity index (χ1n) is 13.2. The van der Waals surface area contributed by atoms with Gasteiger partial charge in [-0.1, -0.05) is 71.1 Å². The third kappa shape index (κ3) is 4.98. The number of hydrogen-bond donors (Lipinski definition) is 1. The fraction of sp³-hybridized carbons (Fsp3) is 0.226. The van der Waals surface area contributed by atoms with Gasteiger partial charge in [-0.15, -0.1) is 0 Å². The second kappa shape index (κ2) is 11.0. The van der Waals surface area contributed by atoms with Crippen molar-refractivity contribution in [1.29, 1.82) is 0 Å². The minimum Gasteiger partial charge on any atom is -0.489 e. The SMILES string of the molecule is CCOC(=O)c1ccc(N2C(=O)C3Sc4[nH]c(=O)sc4[C@H](c4ccccc4OCc4cccc(C)c4)C3C2=O)cc1. The average Bonchev–Trinajstić information content (AvgIpc) is 3.46. The molecule has 1 N–H and O–H groups in total. The largest absolute Gasteiger partial charge is 0.489 e. The maximum Gasteiger partial charge on any atom is 0.338 e. The van der Waals surface area contributed by atoms with Crippen molar-refractivity contribution in [2.24, 2.45) is 5.92 Å². The minimum absolute atomic E-state index is 0.239. The van der Waals surface area contributed by atoms with Crippen LogP contribution in [0.1, 0.15) is 44.8 Å². The monoisotopic (exact) mass is 586 g/mol. The van der Waals surface area contributed by atoms with Crippen molar-refractivity contribution in [2.45, 2.75) is 36.6 Å². The second-order valence-electron chi connectivity index (χ2n) is 9.84. The first-order valence-corrected chi connectivity index (χ1v) is 14.9. The van der Waals surface area contributed by atoms with E-state index in [9.17, 15) is 19.2 Å². The summed E-state index contributed by atoms with van der Waals surface area (Å²) >= 11 is 2.27. The van der Waals surface area contributed by atoms with E-state index in [0.29, 0.717) is 33.5 Å². The van der Waals surface area contributed by atoms with E-state index in [1.165, 1.54) is 16.7 Å². The third-order valence-corrected chi connectivity index (χ3v) is 9.59. The number of para-hydroxylation sites is 1. The molecule has 2 aliphatic heterocycles. The van der Waals surface area contributed by atoms with Crippen molar-refractivity contribution in [1.82, 2.24) is 4.98 Å². The molecule has 1 aromatic heterocycles. The van der Waals surface area contributed by atoms with Gasteiger partial charge in [-0.2, -0.15) is 0 Å². The normalized spacial score (nSPS) is 19.6. The number of hydrogen-bond acceptors (Lipinski definition) is 8. The Morgan fingerprint density at radius 2 is 1.76 bits per heavy atom. The molecule has 41 heavy (non-hydrogen) atoms. The lowest BCUT2D eigenvalue weighted by molar-refractivity contribution is -0.122. The highest BCUT2D eigenvalue weighted by atomic mass is 32.2. The van der Waals surface area contributed by atoms with Gasteiger partial charge in [0, 0.05) is 16.4 Å². The quantitative estimate of drug-likeness (QED) is 0.232. The Labute approximate surface area is 244 Å². The zero-order valence-corrected chi connectivity index (χ0v) is 23.9. The van der Waals surface area contributed by atoms with Gasteiger partial charge in [-0.3, -0.25) is 14.4 Å². The molecule has 0 spiro atoms. The van der Waals surface area contributed by atoms with E-state index in [0.717, 1.165) is 28.0 Å². The van der Waals surface area contributed by atoms with Gasteiger partial charge >= 0.3 is 10.8 Å². The molecule has 0 radical (unpaired) electrons. The van der Waals surface area contributed by atoms with Gasteiger partial charge in [0.2, 0.25) is 11.8 Å². The lowest BCUT2D eigenvalue weighted by Crippen LogP contribution is -2.32. The fourth-order valence-corrected chi connectivity index (χ4v) is 7.91. The number of carbonyl (C=O) groups excluding carboxylic acids is 3. The number of nitrogens with one attached hydrogen (secondary N) is 1. The molecule has 2 unspecified atom stereocenters. The van der Waals surface area contributed by atoms with E-state index < -0.39 is 23.1 Å². The number of anilines is 1. The van der Waals surface area contributed by atoms with Gasteiger partial charge in [-0.25, -0.2) is 9.69 Å². The Balaban J connectivity index is 1.37. The maximum absolute atomic E-state index is 14.1. The van der Waals surface area contributed by atoms with Crippen molar-refractivity contribution in [3.63, 3.8) is 0 Å². The molecule has 0 saturated carbocycles. The fourth-order valence-electron chi connectivity index (χ4n) is 5.40. The summed E-state index contributed by atoms with van der Waals surface area (Å²) < 4.78 is 11.3. The van der Waals surface area contributed by atoms with Crippen molar-refractivity contribution < 1.29 is 23.9 Å². The van der Waals surface area contributed by atoms with Crippen LogP contribution in [0.5, 0.6) is 5.75 Å². The van der Waals surface area contributed by atoms with Crippen molar-refractivity contribution in [3.05, 3.63) is 110 Å².